The van der Waals surface area contributed by atoms with Crippen LogP contribution in [0.1, 0.15) is 43.4 Å². The predicted octanol–water partition coefficient (Wildman–Crippen LogP) is 4.92. The fraction of sp³-hybridized carbons (Fsp3) is 0.480. The van der Waals surface area contributed by atoms with Crippen LogP contribution in [0.4, 0.5) is 0 Å². The van der Waals surface area contributed by atoms with Gasteiger partial charge < -0.3 is 18.9 Å². The van der Waals surface area contributed by atoms with E-state index in [2.05, 4.69) is 39.9 Å². The van der Waals surface area contributed by atoms with Crippen LogP contribution in [0.15, 0.2) is 42.5 Å². The maximum absolute atomic E-state index is 13.3. The van der Waals surface area contributed by atoms with Crippen LogP contribution in [-0.2, 0) is 9.53 Å². The van der Waals surface area contributed by atoms with Crippen molar-refractivity contribution in [2.75, 3.05) is 38.4 Å². The highest BCUT2D eigenvalue weighted by Gasteiger charge is 2.48. The number of hydrogen-bond donors (Lipinski definition) is 0. The summed E-state index contributed by atoms with van der Waals surface area (Å²) < 4.78 is 22.4. The lowest BCUT2D eigenvalue weighted by Gasteiger charge is -2.28. The highest BCUT2D eigenvalue weighted by Crippen LogP contribution is 2.48. The van der Waals surface area contributed by atoms with Crippen LogP contribution in [-0.4, -0.2) is 49.3 Å². The standard InChI is InChI=1S/C25H30BrNO5/c1-3-13-30-19-8-5-17(6-9-19)24-23(25(28)29-4-2)20(15-27(24)12-11-26)18-7-10-21-22(14-18)32-16-31-21/h5-10,14,20,23-24H,3-4,11-13,15-16H2,1-2H3. The number of rotatable bonds is 9. The lowest BCUT2D eigenvalue weighted by molar-refractivity contribution is -0.149. The van der Waals surface area contributed by atoms with E-state index in [0.29, 0.717) is 13.2 Å². The van der Waals surface area contributed by atoms with E-state index in [4.69, 9.17) is 18.9 Å². The molecular formula is C25H30BrNO5. The molecule has 2 heterocycles. The molecular weight excluding hydrogens is 474 g/mol. The molecule has 7 heteroatoms. The van der Waals surface area contributed by atoms with Crippen LogP contribution in [0, 0.1) is 5.92 Å². The molecule has 32 heavy (non-hydrogen) atoms. The average Bonchev–Trinajstić information content (AvgIpc) is 3.42. The van der Waals surface area contributed by atoms with Crippen molar-refractivity contribution in [3.8, 4) is 17.2 Å². The number of carbonyl (C=O) groups is 1. The lowest BCUT2D eigenvalue weighted by Crippen LogP contribution is -2.31. The normalized spacial score (nSPS) is 22.2. The van der Waals surface area contributed by atoms with Crippen molar-refractivity contribution >= 4 is 21.9 Å². The number of esters is 1. The molecule has 0 saturated carbocycles. The maximum atomic E-state index is 13.3. The summed E-state index contributed by atoms with van der Waals surface area (Å²) >= 11 is 3.59. The number of benzene rings is 2. The smallest absolute Gasteiger partial charge is 0.311 e. The summed E-state index contributed by atoms with van der Waals surface area (Å²) in [6.45, 7) is 6.81. The second-order valence-corrected chi connectivity index (χ2v) is 8.84. The first-order chi connectivity index (χ1) is 15.7. The van der Waals surface area contributed by atoms with Gasteiger partial charge in [-0.25, -0.2) is 0 Å². The van der Waals surface area contributed by atoms with Gasteiger partial charge in [-0.3, -0.25) is 9.69 Å². The zero-order chi connectivity index (χ0) is 22.5. The van der Waals surface area contributed by atoms with Crippen molar-refractivity contribution in [1.29, 1.82) is 0 Å². The molecule has 3 unspecified atom stereocenters. The van der Waals surface area contributed by atoms with Gasteiger partial charge in [-0.1, -0.05) is 41.1 Å². The van der Waals surface area contributed by atoms with Gasteiger partial charge in [0.15, 0.2) is 11.5 Å². The second-order valence-electron chi connectivity index (χ2n) is 8.04. The Balaban J connectivity index is 1.69. The molecule has 6 nitrogen and oxygen atoms in total. The van der Waals surface area contributed by atoms with Crippen molar-refractivity contribution in [3.63, 3.8) is 0 Å². The zero-order valence-electron chi connectivity index (χ0n) is 18.6. The molecule has 1 fully saturated rings. The number of ether oxygens (including phenoxy) is 4. The molecule has 0 aliphatic carbocycles. The van der Waals surface area contributed by atoms with Crippen molar-refractivity contribution < 1.29 is 23.7 Å². The fourth-order valence-corrected chi connectivity index (χ4v) is 5.11. The van der Waals surface area contributed by atoms with Crippen molar-refractivity contribution in [3.05, 3.63) is 53.6 Å². The summed E-state index contributed by atoms with van der Waals surface area (Å²) in [5.74, 6) is 1.83. The highest BCUT2D eigenvalue weighted by atomic mass is 79.9. The van der Waals surface area contributed by atoms with Crippen LogP contribution in [0.3, 0.4) is 0 Å². The lowest BCUT2D eigenvalue weighted by atomic mass is 9.82. The van der Waals surface area contributed by atoms with E-state index in [-0.39, 0.29) is 30.6 Å². The number of hydrogen-bond acceptors (Lipinski definition) is 6. The summed E-state index contributed by atoms with van der Waals surface area (Å²) in [6.07, 6.45) is 0.964. The number of fused-ring (bicyclic) bond motifs is 1. The third-order valence-electron chi connectivity index (χ3n) is 6.05. The van der Waals surface area contributed by atoms with Crippen LogP contribution in [0.5, 0.6) is 17.2 Å². The Kier molecular flexibility index (Phi) is 7.58. The number of likely N-dealkylation sites (tertiary alicyclic amines) is 1. The minimum atomic E-state index is -0.322. The van der Waals surface area contributed by atoms with Crippen molar-refractivity contribution in [2.24, 2.45) is 5.92 Å². The van der Waals surface area contributed by atoms with E-state index in [1.54, 1.807) is 0 Å². The van der Waals surface area contributed by atoms with E-state index >= 15 is 0 Å². The molecule has 2 aromatic carbocycles. The molecule has 0 aromatic heterocycles. The summed E-state index contributed by atoms with van der Waals surface area (Å²) in [4.78, 5) is 15.6. The van der Waals surface area contributed by atoms with E-state index < -0.39 is 0 Å². The van der Waals surface area contributed by atoms with E-state index in [0.717, 1.165) is 53.2 Å². The molecule has 0 amide bonds. The largest absolute Gasteiger partial charge is 0.494 e. The van der Waals surface area contributed by atoms with Gasteiger partial charge in [-0.2, -0.15) is 0 Å². The minimum Gasteiger partial charge on any atom is -0.494 e. The quantitative estimate of drug-likeness (QED) is 0.357. The number of carbonyl (C=O) groups excluding carboxylic acids is 1. The Bertz CT molecular complexity index is 919. The molecule has 0 spiro atoms. The molecule has 4 rings (SSSR count). The molecule has 172 valence electrons. The number of halogens is 1. The van der Waals surface area contributed by atoms with Crippen LogP contribution >= 0.6 is 15.9 Å². The molecule has 0 bridgehead atoms. The van der Waals surface area contributed by atoms with Crippen molar-refractivity contribution in [2.45, 2.75) is 32.2 Å². The van der Waals surface area contributed by atoms with E-state index in [1.807, 2.05) is 37.3 Å². The first-order valence-electron chi connectivity index (χ1n) is 11.2. The van der Waals surface area contributed by atoms with Gasteiger partial charge in [0.2, 0.25) is 6.79 Å². The third kappa shape index (κ3) is 4.74. The highest BCUT2D eigenvalue weighted by molar-refractivity contribution is 9.09. The Morgan fingerprint density at radius 1 is 1.09 bits per heavy atom. The summed E-state index contributed by atoms with van der Waals surface area (Å²) in [5, 5.41) is 0.824. The third-order valence-corrected chi connectivity index (χ3v) is 6.40. The number of nitrogens with zero attached hydrogens (tertiary/aromatic N) is 1. The molecule has 3 atom stereocenters. The van der Waals surface area contributed by atoms with Crippen molar-refractivity contribution in [1.82, 2.24) is 4.90 Å². The summed E-state index contributed by atoms with van der Waals surface area (Å²) in [5.41, 5.74) is 2.16. The Labute approximate surface area is 197 Å². The van der Waals surface area contributed by atoms with Gasteiger partial charge in [0.25, 0.3) is 0 Å². The average molecular weight is 504 g/mol. The molecule has 2 aromatic rings. The summed E-state index contributed by atoms with van der Waals surface area (Å²) in [7, 11) is 0. The van der Waals surface area contributed by atoms with Crippen LogP contribution < -0.4 is 14.2 Å². The van der Waals surface area contributed by atoms with Gasteiger partial charge >= 0.3 is 5.97 Å². The van der Waals surface area contributed by atoms with E-state index in [1.165, 1.54) is 0 Å². The molecule has 1 saturated heterocycles. The first-order valence-corrected chi connectivity index (χ1v) is 12.4. The Morgan fingerprint density at radius 2 is 1.84 bits per heavy atom. The zero-order valence-corrected chi connectivity index (χ0v) is 20.2. The van der Waals surface area contributed by atoms with Gasteiger partial charge in [-0.05, 0) is 48.7 Å². The minimum absolute atomic E-state index is 0.0105. The summed E-state index contributed by atoms with van der Waals surface area (Å²) in [6, 6.07) is 14.0. The van der Waals surface area contributed by atoms with E-state index in [9.17, 15) is 4.79 Å². The van der Waals surface area contributed by atoms with Gasteiger partial charge in [0.05, 0.1) is 19.1 Å². The Hall–Kier alpha value is -2.25. The topological polar surface area (TPSA) is 57.2 Å². The molecule has 2 aliphatic heterocycles. The van der Waals surface area contributed by atoms with Crippen LogP contribution in [0.2, 0.25) is 0 Å². The number of alkyl halides is 1. The molecule has 0 N–H and O–H groups in total. The van der Waals surface area contributed by atoms with Crippen LogP contribution in [0.25, 0.3) is 0 Å². The van der Waals surface area contributed by atoms with Gasteiger partial charge in [-0.15, -0.1) is 0 Å². The SMILES string of the molecule is CCCOc1ccc(C2C(C(=O)OCC)C(c3ccc4c(c3)OCO4)CN2CCBr)cc1. The van der Waals surface area contributed by atoms with Gasteiger partial charge in [0, 0.05) is 30.4 Å². The molecule has 0 radical (unpaired) electrons. The van der Waals surface area contributed by atoms with Gasteiger partial charge in [0.1, 0.15) is 5.75 Å². The first kappa shape index (κ1) is 22.9. The fourth-order valence-electron chi connectivity index (χ4n) is 4.65. The Morgan fingerprint density at radius 3 is 2.56 bits per heavy atom. The molecule has 2 aliphatic rings. The maximum Gasteiger partial charge on any atom is 0.311 e. The second kappa shape index (κ2) is 10.6. The predicted molar refractivity (Wildman–Crippen MR) is 126 cm³/mol. The monoisotopic (exact) mass is 503 g/mol.